The van der Waals surface area contributed by atoms with Crippen molar-refractivity contribution >= 4 is 11.6 Å². The summed E-state index contributed by atoms with van der Waals surface area (Å²) in [6.45, 7) is 5.18. The van der Waals surface area contributed by atoms with Gasteiger partial charge in [-0.05, 0) is 17.5 Å². The maximum atomic E-state index is 11.5. The highest BCUT2D eigenvalue weighted by molar-refractivity contribution is 5.77. The highest BCUT2D eigenvalue weighted by Gasteiger charge is 2.10. The van der Waals surface area contributed by atoms with Gasteiger partial charge in [-0.25, -0.2) is 0 Å². The summed E-state index contributed by atoms with van der Waals surface area (Å²) in [7, 11) is 1.45. The molecule has 0 saturated heterocycles. The van der Waals surface area contributed by atoms with E-state index in [1.54, 1.807) is 6.07 Å². The van der Waals surface area contributed by atoms with E-state index in [0.717, 1.165) is 0 Å². The predicted molar refractivity (Wildman–Crippen MR) is 79.2 cm³/mol. The average Bonchev–Trinajstić information content (AvgIpc) is 2.44. The molecule has 2 N–H and O–H groups in total. The summed E-state index contributed by atoms with van der Waals surface area (Å²) >= 11 is 0. The van der Waals surface area contributed by atoms with Crippen LogP contribution in [0.15, 0.2) is 18.2 Å². The lowest BCUT2D eigenvalue weighted by Gasteiger charge is -2.09. The lowest BCUT2D eigenvalue weighted by Crippen LogP contribution is -2.35. The van der Waals surface area contributed by atoms with E-state index >= 15 is 0 Å². The molecule has 0 saturated carbocycles. The molecule has 0 aliphatic heterocycles. The number of rotatable bonds is 8. The van der Waals surface area contributed by atoms with Gasteiger partial charge in [-0.1, -0.05) is 13.8 Å². The van der Waals surface area contributed by atoms with Crippen molar-refractivity contribution in [2.45, 2.75) is 20.4 Å². The standard InChI is InChI=1S/C14H21N3O4/c1-10(2)7-16-14(18)9-15-8-11-4-12(17(19)20)6-13(5-11)21-3/h4-6,10,15H,7-9H2,1-3H3,(H,16,18). The van der Waals surface area contributed by atoms with E-state index in [2.05, 4.69) is 10.6 Å². The van der Waals surface area contributed by atoms with Crippen LogP contribution in [0.3, 0.4) is 0 Å². The molecule has 0 bridgehead atoms. The molecule has 116 valence electrons. The van der Waals surface area contributed by atoms with Gasteiger partial charge in [-0.15, -0.1) is 0 Å². The van der Waals surface area contributed by atoms with Crippen molar-refractivity contribution < 1.29 is 14.5 Å². The Morgan fingerprint density at radius 2 is 2.10 bits per heavy atom. The summed E-state index contributed by atoms with van der Waals surface area (Å²) in [4.78, 5) is 21.9. The fourth-order valence-electron chi connectivity index (χ4n) is 1.67. The van der Waals surface area contributed by atoms with E-state index in [4.69, 9.17) is 4.74 Å². The number of methoxy groups -OCH3 is 1. The molecule has 1 rings (SSSR count). The number of amides is 1. The van der Waals surface area contributed by atoms with Gasteiger partial charge in [-0.2, -0.15) is 0 Å². The zero-order valence-corrected chi connectivity index (χ0v) is 12.5. The SMILES string of the molecule is COc1cc(CNCC(=O)NCC(C)C)cc([N+](=O)[O-])c1. The zero-order valence-electron chi connectivity index (χ0n) is 12.5. The van der Waals surface area contributed by atoms with Crippen molar-refractivity contribution in [3.63, 3.8) is 0 Å². The van der Waals surface area contributed by atoms with Crippen molar-refractivity contribution in [2.24, 2.45) is 5.92 Å². The molecule has 1 aromatic carbocycles. The lowest BCUT2D eigenvalue weighted by molar-refractivity contribution is -0.385. The fourth-order valence-corrected chi connectivity index (χ4v) is 1.67. The van der Waals surface area contributed by atoms with Crippen LogP contribution in [0.4, 0.5) is 5.69 Å². The molecule has 1 amide bonds. The molecule has 0 atom stereocenters. The van der Waals surface area contributed by atoms with E-state index in [0.29, 0.717) is 30.3 Å². The van der Waals surface area contributed by atoms with Crippen LogP contribution in [0.1, 0.15) is 19.4 Å². The molecule has 1 aromatic rings. The largest absolute Gasteiger partial charge is 0.496 e. The third kappa shape index (κ3) is 6.22. The molecule has 21 heavy (non-hydrogen) atoms. The second kappa shape index (κ2) is 8.21. The minimum Gasteiger partial charge on any atom is -0.496 e. The third-order valence-electron chi connectivity index (χ3n) is 2.72. The van der Waals surface area contributed by atoms with Gasteiger partial charge in [0, 0.05) is 19.2 Å². The van der Waals surface area contributed by atoms with Crippen LogP contribution in [0, 0.1) is 16.0 Å². The number of nitro groups is 1. The number of carbonyl (C=O) groups excluding carboxylic acids is 1. The fraction of sp³-hybridized carbons (Fsp3) is 0.500. The van der Waals surface area contributed by atoms with Gasteiger partial charge in [0.1, 0.15) is 5.75 Å². The Morgan fingerprint density at radius 1 is 1.38 bits per heavy atom. The van der Waals surface area contributed by atoms with Crippen LogP contribution in [0.5, 0.6) is 5.75 Å². The van der Waals surface area contributed by atoms with Gasteiger partial charge in [0.05, 0.1) is 24.6 Å². The third-order valence-corrected chi connectivity index (χ3v) is 2.72. The molecule has 0 aliphatic carbocycles. The molecule has 0 radical (unpaired) electrons. The summed E-state index contributed by atoms with van der Waals surface area (Å²) < 4.78 is 5.03. The van der Waals surface area contributed by atoms with Crippen molar-refractivity contribution in [1.82, 2.24) is 10.6 Å². The number of nitrogens with one attached hydrogen (secondary N) is 2. The highest BCUT2D eigenvalue weighted by atomic mass is 16.6. The molecule has 0 aliphatic rings. The Bertz CT molecular complexity index is 503. The summed E-state index contributed by atoms with van der Waals surface area (Å²) in [6.07, 6.45) is 0. The molecular weight excluding hydrogens is 274 g/mol. The van der Waals surface area contributed by atoms with Crippen LogP contribution in [-0.2, 0) is 11.3 Å². The first-order chi connectivity index (χ1) is 9.92. The van der Waals surface area contributed by atoms with Crippen LogP contribution in [-0.4, -0.2) is 31.0 Å². The summed E-state index contributed by atoms with van der Waals surface area (Å²) in [5, 5.41) is 16.6. The normalized spacial score (nSPS) is 10.5. The van der Waals surface area contributed by atoms with E-state index in [1.165, 1.54) is 19.2 Å². The molecule has 0 aromatic heterocycles. The van der Waals surface area contributed by atoms with Gasteiger partial charge in [0.25, 0.3) is 5.69 Å². The monoisotopic (exact) mass is 295 g/mol. The molecule has 7 heteroatoms. The quantitative estimate of drug-likeness (QED) is 0.559. The molecule has 0 unspecified atom stereocenters. The first-order valence-electron chi connectivity index (χ1n) is 6.72. The Labute approximate surface area is 123 Å². The summed E-state index contributed by atoms with van der Waals surface area (Å²) in [6, 6.07) is 4.52. The second-order valence-electron chi connectivity index (χ2n) is 5.10. The highest BCUT2D eigenvalue weighted by Crippen LogP contribution is 2.22. The van der Waals surface area contributed by atoms with E-state index in [-0.39, 0.29) is 18.1 Å². The molecule has 0 heterocycles. The average molecular weight is 295 g/mol. The molecule has 0 fully saturated rings. The first kappa shape index (κ1) is 16.9. The minimum atomic E-state index is -0.471. The first-order valence-corrected chi connectivity index (χ1v) is 6.72. The topological polar surface area (TPSA) is 93.5 Å². The lowest BCUT2D eigenvalue weighted by atomic mass is 10.2. The number of hydrogen-bond acceptors (Lipinski definition) is 5. The Morgan fingerprint density at radius 3 is 2.67 bits per heavy atom. The number of carbonyl (C=O) groups is 1. The number of benzene rings is 1. The number of nitrogens with zero attached hydrogens (tertiary/aromatic N) is 1. The maximum absolute atomic E-state index is 11.5. The van der Waals surface area contributed by atoms with Gasteiger partial charge >= 0.3 is 0 Å². The zero-order chi connectivity index (χ0) is 15.8. The van der Waals surface area contributed by atoms with Crippen molar-refractivity contribution in [3.05, 3.63) is 33.9 Å². The smallest absolute Gasteiger partial charge is 0.273 e. The van der Waals surface area contributed by atoms with Crippen molar-refractivity contribution in [1.29, 1.82) is 0 Å². The Balaban J connectivity index is 2.53. The Hall–Kier alpha value is -2.15. The van der Waals surface area contributed by atoms with Gasteiger partial charge < -0.3 is 15.4 Å². The molecule has 7 nitrogen and oxygen atoms in total. The van der Waals surface area contributed by atoms with Crippen LogP contribution in [0.2, 0.25) is 0 Å². The summed E-state index contributed by atoms with van der Waals surface area (Å²) in [5.41, 5.74) is 0.660. The molecule has 0 spiro atoms. The van der Waals surface area contributed by atoms with E-state index in [1.807, 2.05) is 13.8 Å². The molecular formula is C14H21N3O4. The minimum absolute atomic E-state index is 0.0320. The van der Waals surface area contributed by atoms with Crippen molar-refractivity contribution in [3.8, 4) is 5.75 Å². The number of nitro benzene ring substituents is 1. The van der Waals surface area contributed by atoms with Crippen LogP contribution >= 0.6 is 0 Å². The summed E-state index contributed by atoms with van der Waals surface area (Å²) in [5.74, 6) is 0.723. The van der Waals surface area contributed by atoms with E-state index < -0.39 is 4.92 Å². The predicted octanol–water partition coefficient (Wildman–Crippen LogP) is 1.47. The number of ether oxygens (including phenoxy) is 1. The number of non-ortho nitro benzene ring substituents is 1. The van der Waals surface area contributed by atoms with Crippen LogP contribution in [0.25, 0.3) is 0 Å². The van der Waals surface area contributed by atoms with Gasteiger partial charge in [0.2, 0.25) is 5.91 Å². The van der Waals surface area contributed by atoms with Gasteiger partial charge in [0.15, 0.2) is 0 Å². The van der Waals surface area contributed by atoms with E-state index in [9.17, 15) is 14.9 Å². The second-order valence-corrected chi connectivity index (χ2v) is 5.10. The number of hydrogen-bond donors (Lipinski definition) is 2. The van der Waals surface area contributed by atoms with Gasteiger partial charge in [-0.3, -0.25) is 14.9 Å². The van der Waals surface area contributed by atoms with Crippen LogP contribution < -0.4 is 15.4 Å². The van der Waals surface area contributed by atoms with Crippen molar-refractivity contribution in [2.75, 3.05) is 20.2 Å². The Kier molecular flexibility index (Phi) is 6.61. The maximum Gasteiger partial charge on any atom is 0.273 e.